The zero-order valence-corrected chi connectivity index (χ0v) is 25.1. The average Bonchev–Trinajstić information content (AvgIpc) is 3.70. The number of rotatable bonds is 2. The van der Waals surface area contributed by atoms with Gasteiger partial charge in [0.1, 0.15) is 28.3 Å². The largest absolute Gasteiger partial charge is 0.456 e. The Labute approximate surface area is 263 Å². The molecule has 7 nitrogen and oxygen atoms in total. The second kappa shape index (κ2) is 8.14. The second-order valence-electron chi connectivity index (χ2n) is 12.4. The maximum atomic E-state index is 6.82. The fraction of sp³-hybridized carbons (Fsp3) is 0.0769. The maximum Gasteiger partial charge on any atom is 0.397 e. The summed E-state index contributed by atoms with van der Waals surface area (Å²) in [4.78, 5) is 9.38. The minimum absolute atomic E-state index is 0.714. The molecule has 1 spiro atoms. The molecule has 8 aromatic rings. The summed E-state index contributed by atoms with van der Waals surface area (Å²) in [7, 11) is 0. The van der Waals surface area contributed by atoms with Gasteiger partial charge in [-0.3, -0.25) is 9.97 Å². The van der Waals surface area contributed by atoms with Crippen LogP contribution in [0.1, 0.15) is 22.5 Å². The van der Waals surface area contributed by atoms with E-state index in [9.17, 15) is 0 Å². The summed E-state index contributed by atoms with van der Waals surface area (Å²) in [6.07, 6.45) is 6.02. The molecule has 7 heteroatoms. The first-order valence-corrected chi connectivity index (χ1v) is 15.6. The highest BCUT2D eigenvalue weighted by Gasteiger charge is 2.69. The highest BCUT2D eigenvalue weighted by molar-refractivity contribution is 6.11. The molecule has 8 heterocycles. The first-order valence-electron chi connectivity index (χ1n) is 15.6. The van der Waals surface area contributed by atoms with Crippen LogP contribution in [0.2, 0.25) is 0 Å². The molecular formula is C39H26N6O+2. The number of nitrogens with zero attached hydrogens (tertiary/aromatic N) is 6. The summed E-state index contributed by atoms with van der Waals surface area (Å²) in [5.41, 5.74) is 11.4. The average molecular weight is 595 g/mol. The van der Waals surface area contributed by atoms with Crippen molar-refractivity contribution in [3.05, 3.63) is 144 Å². The maximum absolute atomic E-state index is 6.82. The Balaban J connectivity index is 1.29. The van der Waals surface area contributed by atoms with Crippen molar-refractivity contribution in [1.82, 2.24) is 19.2 Å². The second-order valence-corrected chi connectivity index (χ2v) is 12.4. The monoisotopic (exact) mass is 594 g/mol. The fourth-order valence-corrected chi connectivity index (χ4v) is 8.59. The van der Waals surface area contributed by atoms with Crippen LogP contribution < -0.4 is 14.0 Å². The SMILES string of the molecule is Cc1c(-c2ccc(-c3ccccn3)nc2)c(C)[n+]2n1-c1cccc3c1C21c2c(ccc4c5ccccc5n(c24)-c2cccc[n+]21)O3. The Morgan fingerprint density at radius 3 is 2.43 bits per heavy atom. The molecule has 0 saturated heterocycles. The molecule has 0 saturated carbocycles. The zero-order chi connectivity index (χ0) is 30.3. The molecule has 1 unspecified atom stereocenters. The van der Waals surface area contributed by atoms with Gasteiger partial charge in [-0.05, 0) is 67.6 Å². The van der Waals surface area contributed by atoms with Crippen LogP contribution in [0.4, 0.5) is 0 Å². The first kappa shape index (κ1) is 24.3. The Morgan fingerprint density at radius 2 is 1.57 bits per heavy atom. The molecule has 11 rings (SSSR count). The van der Waals surface area contributed by atoms with Gasteiger partial charge in [0.25, 0.3) is 5.82 Å². The van der Waals surface area contributed by atoms with Crippen molar-refractivity contribution in [3.8, 4) is 45.5 Å². The lowest BCUT2D eigenvalue weighted by Gasteiger charge is -2.33. The number of hydrogen-bond donors (Lipinski definition) is 0. The normalized spacial score (nSPS) is 16.3. The van der Waals surface area contributed by atoms with Gasteiger partial charge in [0, 0.05) is 41.7 Å². The van der Waals surface area contributed by atoms with Crippen molar-refractivity contribution in [3.63, 3.8) is 0 Å². The van der Waals surface area contributed by atoms with Gasteiger partial charge in [-0.15, -0.1) is 4.68 Å². The lowest BCUT2D eigenvalue weighted by molar-refractivity contribution is -0.995. The van der Waals surface area contributed by atoms with Crippen molar-refractivity contribution in [2.75, 3.05) is 0 Å². The highest BCUT2D eigenvalue weighted by Crippen LogP contribution is 2.56. The van der Waals surface area contributed by atoms with Crippen LogP contribution >= 0.6 is 0 Å². The van der Waals surface area contributed by atoms with E-state index in [2.05, 4.69) is 128 Å². The zero-order valence-electron chi connectivity index (χ0n) is 25.1. The minimum atomic E-state index is -0.714. The Bertz CT molecular complexity index is 2630. The summed E-state index contributed by atoms with van der Waals surface area (Å²) < 4.78 is 16.6. The van der Waals surface area contributed by atoms with Gasteiger partial charge in [-0.2, -0.15) is 9.13 Å². The van der Waals surface area contributed by atoms with E-state index in [0.29, 0.717) is 0 Å². The minimum Gasteiger partial charge on any atom is -0.456 e. The number of hydrogen-bond acceptors (Lipinski definition) is 3. The van der Waals surface area contributed by atoms with E-state index >= 15 is 0 Å². The van der Waals surface area contributed by atoms with Crippen molar-refractivity contribution in [2.45, 2.75) is 19.5 Å². The standard InChI is InChI=1S/C39H26N6O/c1-23-35(25-16-18-29(41-22-25)28-11-5-7-20-40-28)24(2)45-39-36-31(44(23)45)13-9-14-32(36)46-33-19-17-27-26-10-3-4-12-30(26)43(38(27)37(33)39)34-15-6-8-21-42(34)39/h3-22H,1-2H3/q+2. The third-order valence-corrected chi connectivity index (χ3v) is 10.2. The van der Waals surface area contributed by atoms with E-state index in [1.165, 1.54) is 27.4 Å². The Hall–Kier alpha value is -6.08. The lowest BCUT2D eigenvalue weighted by atomic mass is 9.84. The number of pyridine rings is 3. The van der Waals surface area contributed by atoms with Crippen molar-refractivity contribution >= 4 is 21.8 Å². The fourth-order valence-electron chi connectivity index (χ4n) is 8.59. The number of benzene rings is 3. The summed E-state index contributed by atoms with van der Waals surface area (Å²) in [6, 6.07) is 36.2. The van der Waals surface area contributed by atoms with Gasteiger partial charge >= 0.3 is 5.66 Å². The van der Waals surface area contributed by atoms with Crippen LogP contribution in [0.3, 0.4) is 0 Å². The molecule has 0 bridgehead atoms. The third-order valence-electron chi connectivity index (χ3n) is 10.2. The number of fused-ring (bicyclic) bond motifs is 7. The van der Waals surface area contributed by atoms with Crippen LogP contribution in [0.15, 0.2) is 122 Å². The quantitative estimate of drug-likeness (QED) is 0.204. The Kier molecular flexibility index (Phi) is 4.29. The first-order chi connectivity index (χ1) is 22.7. The molecule has 3 aromatic carbocycles. The molecule has 1 atom stereocenters. The molecule has 5 aromatic heterocycles. The molecule has 3 aliphatic heterocycles. The molecule has 46 heavy (non-hydrogen) atoms. The molecule has 0 radical (unpaired) electrons. The molecule has 216 valence electrons. The summed E-state index contributed by atoms with van der Waals surface area (Å²) in [6.45, 7) is 4.46. The van der Waals surface area contributed by atoms with Gasteiger partial charge in [-0.25, -0.2) is 0 Å². The topological polar surface area (TPSA) is 52.6 Å². The van der Waals surface area contributed by atoms with E-state index in [-0.39, 0.29) is 0 Å². The predicted molar refractivity (Wildman–Crippen MR) is 175 cm³/mol. The molecular weight excluding hydrogens is 568 g/mol. The van der Waals surface area contributed by atoms with Gasteiger partial charge < -0.3 is 4.74 Å². The van der Waals surface area contributed by atoms with Gasteiger partial charge in [-0.1, -0.05) is 41.1 Å². The van der Waals surface area contributed by atoms with Gasteiger partial charge in [0.15, 0.2) is 11.1 Å². The van der Waals surface area contributed by atoms with E-state index in [4.69, 9.17) is 9.72 Å². The van der Waals surface area contributed by atoms with Crippen LogP contribution in [0.5, 0.6) is 11.5 Å². The third kappa shape index (κ3) is 2.60. The number of ether oxygens (including phenoxy) is 1. The molecule has 0 aliphatic carbocycles. The number of aromatic nitrogens is 6. The van der Waals surface area contributed by atoms with E-state index in [0.717, 1.165) is 62.5 Å². The van der Waals surface area contributed by atoms with Crippen molar-refractivity contribution in [2.24, 2.45) is 0 Å². The van der Waals surface area contributed by atoms with Crippen LogP contribution in [0, 0.1) is 13.8 Å². The van der Waals surface area contributed by atoms with E-state index in [1.807, 2.05) is 24.4 Å². The summed E-state index contributed by atoms with van der Waals surface area (Å²) >= 11 is 0. The summed E-state index contributed by atoms with van der Waals surface area (Å²) in [5, 5.41) is 2.46. The number of para-hydroxylation sites is 1. The molecule has 0 amide bonds. The van der Waals surface area contributed by atoms with E-state index in [1.54, 1.807) is 6.20 Å². The predicted octanol–water partition coefficient (Wildman–Crippen LogP) is 6.92. The molecule has 0 N–H and O–H groups in total. The summed E-state index contributed by atoms with van der Waals surface area (Å²) in [5.74, 6) is 2.88. The van der Waals surface area contributed by atoms with Gasteiger partial charge in [0.05, 0.1) is 28.8 Å². The molecule has 0 fully saturated rings. The van der Waals surface area contributed by atoms with Crippen molar-refractivity contribution in [1.29, 1.82) is 0 Å². The van der Waals surface area contributed by atoms with Crippen LogP contribution in [0.25, 0.3) is 55.8 Å². The van der Waals surface area contributed by atoms with E-state index < -0.39 is 5.66 Å². The van der Waals surface area contributed by atoms with Crippen LogP contribution in [-0.4, -0.2) is 19.2 Å². The lowest BCUT2D eigenvalue weighted by Crippen LogP contribution is -2.77. The smallest absolute Gasteiger partial charge is 0.397 e. The highest BCUT2D eigenvalue weighted by atomic mass is 16.5. The van der Waals surface area contributed by atoms with Gasteiger partial charge in [0.2, 0.25) is 5.69 Å². The van der Waals surface area contributed by atoms with Crippen LogP contribution in [-0.2, 0) is 5.66 Å². The molecule has 3 aliphatic rings. The van der Waals surface area contributed by atoms with Crippen molar-refractivity contribution < 1.29 is 14.0 Å². The Morgan fingerprint density at radius 1 is 0.717 bits per heavy atom.